The Bertz CT molecular complexity index is 383. The van der Waals surface area contributed by atoms with Gasteiger partial charge in [-0.15, -0.1) is 0 Å². The van der Waals surface area contributed by atoms with E-state index in [0.717, 1.165) is 35.5 Å². The van der Waals surface area contributed by atoms with Gasteiger partial charge in [0.15, 0.2) is 0 Å². The van der Waals surface area contributed by atoms with Crippen LogP contribution in [-0.4, -0.2) is 0 Å². The fourth-order valence-electron chi connectivity index (χ4n) is 4.63. The van der Waals surface area contributed by atoms with E-state index in [1.807, 2.05) is 0 Å². The lowest BCUT2D eigenvalue weighted by Gasteiger charge is -2.28. The van der Waals surface area contributed by atoms with Gasteiger partial charge in [-0.3, -0.25) is 0 Å². The summed E-state index contributed by atoms with van der Waals surface area (Å²) in [6.45, 7) is 19.2. The van der Waals surface area contributed by atoms with Crippen LogP contribution in [0.4, 0.5) is 0 Å². The van der Waals surface area contributed by atoms with Gasteiger partial charge in [-0.25, -0.2) is 0 Å². The zero-order valence-electron chi connectivity index (χ0n) is 14.2. The number of rotatable bonds is 2. The second-order valence-corrected chi connectivity index (χ2v) is 7.48. The van der Waals surface area contributed by atoms with Crippen LogP contribution in [0.3, 0.4) is 0 Å². The number of allylic oxidation sites excluding steroid dienone is 4. The minimum atomic E-state index is 0.782. The van der Waals surface area contributed by atoms with Crippen LogP contribution in [0, 0.1) is 35.5 Å². The second kappa shape index (κ2) is 5.11. The van der Waals surface area contributed by atoms with Crippen LogP contribution in [0.15, 0.2) is 22.3 Å². The average Bonchev–Trinajstić information content (AvgIpc) is 2.68. The molecule has 0 heteroatoms. The molecule has 0 aromatic heterocycles. The SMILES string of the molecule is CC1=C(C)C(CC2C(C)=C(C)C(C)C2C)C(C)C1C. The van der Waals surface area contributed by atoms with Gasteiger partial charge >= 0.3 is 0 Å². The Kier molecular flexibility index (Phi) is 4.00. The van der Waals surface area contributed by atoms with Crippen LogP contribution in [-0.2, 0) is 0 Å². The van der Waals surface area contributed by atoms with Gasteiger partial charge in [0.05, 0.1) is 0 Å². The summed E-state index contributed by atoms with van der Waals surface area (Å²) in [5.41, 5.74) is 6.71. The first-order valence-electron chi connectivity index (χ1n) is 8.11. The first-order chi connectivity index (χ1) is 8.77. The first kappa shape index (κ1) is 14.9. The number of hydrogen-bond donors (Lipinski definition) is 0. The first-order valence-corrected chi connectivity index (χ1v) is 8.11. The van der Waals surface area contributed by atoms with Gasteiger partial charge in [-0.2, -0.15) is 0 Å². The molecule has 0 spiro atoms. The highest BCUT2D eigenvalue weighted by molar-refractivity contribution is 5.28. The van der Waals surface area contributed by atoms with Gasteiger partial charge in [0, 0.05) is 0 Å². The van der Waals surface area contributed by atoms with E-state index in [1.165, 1.54) is 6.42 Å². The van der Waals surface area contributed by atoms with Crippen LogP contribution in [0.1, 0.15) is 61.8 Å². The van der Waals surface area contributed by atoms with Crippen molar-refractivity contribution in [3.8, 4) is 0 Å². The quantitative estimate of drug-likeness (QED) is 0.546. The van der Waals surface area contributed by atoms with Gasteiger partial charge in [-0.05, 0) is 69.6 Å². The molecule has 2 aliphatic rings. The van der Waals surface area contributed by atoms with Crippen molar-refractivity contribution in [1.82, 2.24) is 0 Å². The Labute approximate surface area is 120 Å². The molecule has 6 unspecified atom stereocenters. The van der Waals surface area contributed by atoms with Crippen LogP contribution in [0.5, 0.6) is 0 Å². The Morgan fingerprint density at radius 1 is 0.579 bits per heavy atom. The fourth-order valence-corrected chi connectivity index (χ4v) is 4.63. The van der Waals surface area contributed by atoms with Crippen molar-refractivity contribution in [3.63, 3.8) is 0 Å². The maximum atomic E-state index is 2.46. The van der Waals surface area contributed by atoms with E-state index in [9.17, 15) is 0 Å². The highest BCUT2D eigenvalue weighted by Gasteiger charge is 2.39. The molecule has 0 aromatic carbocycles. The second-order valence-electron chi connectivity index (χ2n) is 7.48. The predicted molar refractivity (Wildman–Crippen MR) is 85.0 cm³/mol. The molecule has 0 saturated carbocycles. The summed E-state index contributed by atoms with van der Waals surface area (Å²) in [5.74, 6) is 4.85. The third-order valence-electron chi connectivity index (χ3n) is 7.08. The average molecular weight is 260 g/mol. The summed E-state index contributed by atoms with van der Waals surface area (Å²) >= 11 is 0. The Balaban J connectivity index is 2.19. The lowest BCUT2D eigenvalue weighted by Crippen LogP contribution is -2.20. The molecule has 19 heavy (non-hydrogen) atoms. The van der Waals surface area contributed by atoms with Crippen molar-refractivity contribution >= 4 is 0 Å². The summed E-state index contributed by atoms with van der Waals surface area (Å²) in [7, 11) is 0. The molecule has 0 aromatic rings. The molecular weight excluding hydrogens is 228 g/mol. The molecule has 0 radical (unpaired) electrons. The predicted octanol–water partition coefficient (Wildman–Crippen LogP) is 5.85. The molecule has 2 aliphatic carbocycles. The highest BCUT2D eigenvalue weighted by atomic mass is 14.4. The minimum absolute atomic E-state index is 0.782. The van der Waals surface area contributed by atoms with Gasteiger partial charge in [0.25, 0.3) is 0 Å². The van der Waals surface area contributed by atoms with Crippen molar-refractivity contribution in [2.24, 2.45) is 35.5 Å². The van der Waals surface area contributed by atoms with Gasteiger partial charge in [0.1, 0.15) is 0 Å². The summed E-state index contributed by atoms with van der Waals surface area (Å²) in [5, 5.41) is 0. The Hall–Kier alpha value is -0.520. The smallest absolute Gasteiger partial charge is 0.0166 e. The summed E-state index contributed by atoms with van der Waals surface area (Å²) in [6, 6.07) is 0. The molecule has 0 saturated heterocycles. The van der Waals surface area contributed by atoms with Crippen molar-refractivity contribution < 1.29 is 0 Å². The molecule has 0 bridgehead atoms. The van der Waals surface area contributed by atoms with E-state index >= 15 is 0 Å². The van der Waals surface area contributed by atoms with E-state index in [2.05, 4.69) is 55.4 Å². The van der Waals surface area contributed by atoms with Crippen molar-refractivity contribution in [1.29, 1.82) is 0 Å². The number of hydrogen-bond acceptors (Lipinski definition) is 0. The van der Waals surface area contributed by atoms with Crippen LogP contribution in [0.25, 0.3) is 0 Å². The standard InChI is InChI=1S/C19H32/c1-10-11(2)15(6)18(14(10)5)9-19-16(7)12(3)13(4)17(19)8/h10,12,14,16,18-19H,9H2,1-8H3. The largest absolute Gasteiger partial charge is 0.0710 e. The lowest BCUT2D eigenvalue weighted by atomic mass is 9.76. The maximum absolute atomic E-state index is 2.46. The molecule has 0 nitrogen and oxygen atoms in total. The molecule has 0 fully saturated rings. The minimum Gasteiger partial charge on any atom is -0.0710 e. The van der Waals surface area contributed by atoms with Crippen molar-refractivity contribution in [2.45, 2.75) is 61.8 Å². The summed E-state index contributed by atoms with van der Waals surface area (Å²) in [6.07, 6.45) is 1.38. The molecule has 0 amide bonds. The molecular formula is C19H32. The fraction of sp³-hybridized carbons (Fsp3) is 0.789. The van der Waals surface area contributed by atoms with Crippen LogP contribution < -0.4 is 0 Å². The molecule has 0 N–H and O–H groups in total. The zero-order chi connectivity index (χ0) is 14.5. The van der Waals surface area contributed by atoms with Crippen molar-refractivity contribution in [2.75, 3.05) is 0 Å². The molecule has 6 atom stereocenters. The maximum Gasteiger partial charge on any atom is -0.0166 e. The summed E-state index contributed by atoms with van der Waals surface area (Å²) in [4.78, 5) is 0. The Morgan fingerprint density at radius 2 is 0.895 bits per heavy atom. The van der Waals surface area contributed by atoms with Crippen LogP contribution >= 0.6 is 0 Å². The monoisotopic (exact) mass is 260 g/mol. The lowest BCUT2D eigenvalue weighted by molar-refractivity contribution is 0.267. The van der Waals surface area contributed by atoms with Crippen LogP contribution in [0.2, 0.25) is 0 Å². The van der Waals surface area contributed by atoms with Gasteiger partial charge in [-0.1, -0.05) is 50.0 Å². The van der Waals surface area contributed by atoms with Crippen molar-refractivity contribution in [3.05, 3.63) is 22.3 Å². The van der Waals surface area contributed by atoms with E-state index in [-0.39, 0.29) is 0 Å². The molecule has 2 rings (SSSR count). The van der Waals surface area contributed by atoms with E-state index in [4.69, 9.17) is 0 Å². The zero-order valence-corrected chi connectivity index (χ0v) is 14.2. The van der Waals surface area contributed by atoms with E-state index < -0.39 is 0 Å². The summed E-state index contributed by atoms with van der Waals surface area (Å²) < 4.78 is 0. The third kappa shape index (κ3) is 2.22. The van der Waals surface area contributed by atoms with E-state index in [0.29, 0.717) is 0 Å². The van der Waals surface area contributed by atoms with Gasteiger partial charge < -0.3 is 0 Å². The Morgan fingerprint density at radius 3 is 1.11 bits per heavy atom. The topological polar surface area (TPSA) is 0 Å². The third-order valence-corrected chi connectivity index (χ3v) is 7.08. The van der Waals surface area contributed by atoms with E-state index in [1.54, 1.807) is 22.3 Å². The molecule has 0 aliphatic heterocycles. The highest BCUT2D eigenvalue weighted by Crippen LogP contribution is 2.50. The molecule has 0 heterocycles. The van der Waals surface area contributed by atoms with Gasteiger partial charge in [0.2, 0.25) is 0 Å². The molecule has 108 valence electrons. The normalized spacial score (nSPS) is 43.6.